The lowest BCUT2D eigenvalue weighted by Gasteiger charge is -2.10. The van der Waals surface area contributed by atoms with Gasteiger partial charge in [-0.3, -0.25) is 9.59 Å². The van der Waals surface area contributed by atoms with E-state index >= 15 is 0 Å². The van der Waals surface area contributed by atoms with Gasteiger partial charge in [0, 0.05) is 5.92 Å². The van der Waals surface area contributed by atoms with Crippen molar-refractivity contribution in [3.8, 4) is 0 Å². The van der Waals surface area contributed by atoms with Gasteiger partial charge in [0.1, 0.15) is 11.7 Å². The monoisotopic (exact) mass is 170 g/mol. The summed E-state index contributed by atoms with van der Waals surface area (Å²) in [5.74, 6) is -1.86. The van der Waals surface area contributed by atoms with E-state index in [1.165, 1.54) is 6.92 Å². The van der Waals surface area contributed by atoms with Crippen LogP contribution in [0.4, 0.5) is 0 Å². The van der Waals surface area contributed by atoms with Crippen LogP contribution in [0.1, 0.15) is 32.6 Å². The zero-order valence-corrected chi connectivity index (χ0v) is 7.25. The van der Waals surface area contributed by atoms with Gasteiger partial charge in [0.25, 0.3) is 0 Å². The minimum absolute atomic E-state index is 0.0242. The summed E-state index contributed by atoms with van der Waals surface area (Å²) in [6, 6.07) is 0. The molecular weight excluding hydrogens is 156 g/mol. The highest BCUT2D eigenvalue weighted by molar-refractivity contribution is 5.99. The molecule has 1 unspecified atom stereocenters. The van der Waals surface area contributed by atoms with Crippen molar-refractivity contribution in [2.75, 3.05) is 0 Å². The number of carboxylic acid groups (broad SMARTS) is 1. The molecule has 1 aliphatic rings. The molecule has 0 amide bonds. The van der Waals surface area contributed by atoms with Crippen LogP contribution in [0.25, 0.3) is 0 Å². The molecule has 12 heavy (non-hydrogen) atoms. The molecule has 0 spiro atoms. The second kappa shape index (κ2) is 3.70. The fourth-order valence-corrected chi connectivity index (χ4v) is 1.69. The van der Waals surface area contributed by atoms with E-state index in [1.54, 1.807) is 0 Å². The molecule has 0 aromatic rings. The Hall–Kier alpha value is -0.860. The molecule has 0 radical (unpaired) electrons. The van der Waals surface area contributed by atoms with Gasteiger partial charge < -0.3 is 5.11 Å². The standard InChI is InChI=1S/C9H14O3/c1-6(9(11)12)8(10)7-4-2-3-5-7/h6-7H,2-5H2,1H3,(H,11,12). The third kappa shape index (κ3) is 1.84. The Balaban J connectivity index is 2.51. The highest BCUT2D eigenvalue weighted by atomic mass is 16.4. The molecule has 0 aliphatic heterocycles. The quantitative estimate of drug-likeness (QED) is 0.652. The number of carbonyl (C=O) groups excluding carboxylic acids is 1. The molecule has 1 aliphatic carbocycles. The highest BCUT2D eigenvalue weighted by Crippen LogP contribution is 2.27. The van der Waals surface area contributed by atoms with Gasteiger partial charge in [-0.25, -0.2) is 0 Å². The molecule has 3 nitrogen and oxygen atoms in total. The third-order valence-corrected chi connectivity index (χ3v) is 2.55. The number of Topliss-reactive ketones (excluding diaryl/α,β-unsaturated/α-hetero) is 1. The van der Waals surface area contributed by atoms with E-state index in [0.717, 1.165) is 25.7 Å². The van der Waals surface area contributed by atoms with Crippen LogP contribution in [0.5, 0.6) is 0 Å². The number of carbonyl (C=O) groups is 2. The van der Waals surface area contributed by atoms with Gasteiger partial charge in [-0.05, 0) is 19.8 Å². The molecule has 0 saturated heterocycles. The average molecular weight is 170 g/mol. The van der Waals surface area contributed by atoms with E-state index in [-0.39, 0.29) is 11.7 Å². The molecule has 1 fully saturated rings. The van der Waals surface area contributed by atoms with Crippen LogP contribution < -0.4 is 0 Å². The first-order valence-corrected chi connectivity index (χ1v) is 4.39. The van der Waals surface area contributed by atoms with Crippen LogP contribution in [-0.2, 0) is 9.59 Å². The van der Waals surface area contributed by atoms with Gasteiger partial charge in [-0.15, -0.1) is 0 Å². The van der Waals surface area contributed by atoms with Crippen molar-refractivity contribution in [1.29, 1.82) is 0 Å². The molecule has 68 valence electrons. The Kier molecular flexibility index (Phi) is 2.84. The van der Waals surface area contributed by atoms with E-state index in [9.17, 15) is 9.59 Å². The molecule has 0 heterocycles. The first-order chi connectivity index (χ1) is 5.63. The summed E-state index contributed by atoms with van der Waals surface area (Å²) in [4.78, 5) is 21.9. The molecule has 1 N–H and O–H groups in total. The van der Waals surface area contributed by atoms with Gasteiger partial charge in [0.15, 0.2) is 0 Å². The van der Waals surface area contributed by atoms with Crippen LogP contribution in [0.2, 0.25) is 0 Å². The smallest absolute Gasteiger partial charge is 0.313 e. The lowest BCUT2D eigenvalue weighted by Crippen LogP contribution is -2.25. The fraction of sp³-hybridized carbons (Fsp3) is 0.778. The Labute approximate surface area is 71.8 Å². The molecule has 1 saturated carbocycles. The third-order valence-electron chi connectivity index (χ3n) is 2.55. The largest absolute Gasteiger partial charge is 0.481 e. The lowest BCUT2D eigenvalue weighted by molar-refractivity contribution is -0.146. The van der Waals surface area contributed by atoms with Gasteiger partial charge in [0.05, 0.1) is 0 Å². The minimum Gasteiger partial charge on any atom is -0.481 e. The molecule has 3 heteroatoms. The van der Waals surface area contributed by atoms with Crippen LogP contribution in [0.15, 0.2) is 0 Å². The maximum atomic E-state index is 11.4. The van der Waals surface area contributed by atoms with Crippen molar-refractivity contribution in [2.24, 2.45) is 11.8 Å². The Bertz CT molecular complexity index is 192. The average Bonchev–Trinajstić information content (AvgIpc) is 2.53. The normalized spacial score (nSPS) is 20.8. The van der Waals surface area contributed by atoms with Crippen LogP contribution >= 0.6 is 0 Å². The first kappa shape index (κ1) is 9.23. The maximum absolute atomic E-state index is 11.4. The lowest BCUT2D eigenvalue weighted by atomic mass is 9.93. The summed E-state index contributed by atoms with van der Waals surface area (Å²) in [6.07, 6.45) is 3.92. The van der Waals surface area contributed by atoms with Crippen LogP contribution in [-0.4, -0.2) is 16.9 Å². The number of aliphatic carboxylic acids is 1. The Morgan fingerprint density at radius 1 is 1.33 bits per heavy atom. The molecule has 1 atom stereocenters. The predicted molar refractivity (Wildman–Crippen MR) is 43.8 cm³/mol. The van der Waals surface area contributed by atoms with Crippen LogP contribution in [0.3, 0.4) is 0 Å². The van der Waals surface area contributed by atoms with Crippen LogP contribution in [0, 0.1) is 11.8 Å². The SMILES string of the molecule is CC(C(=O)O)C(=O)C1CCCC1. The van der Waals surface area contributed by atoms with E-state index in [4.69, 9.17) is 5.11 Å². The maximum Gasteiger partial charge on any atom is 0.313 e. The summed E-state index contributed by atoms with van der Waals surface area (Å²) in [6.45, 7) is 1.48. The van der Waals surface area contributed by atoms with E-state index < -0.39 is 11.9 Å². The molecule has 0 bridgehead atoms. The molecule has 0 aromatic carbocycles. The summed E-state index contributed by atoms with van der Waals surface area (Å²) in [5, 5.41) is 8.59. The number of rotatable bonds is 3. The highest BCUT2D eigenvalue weighted by Gasteiger charge is 2.30. The van der Waals surface area contributed by atoms with Crippen molar-refractivity contribution in [3.63, 3.8) is 0 Å². The van der Waals surface area contributed by atoms with Crippen molar-refractivity contribution < 1.29 is 14.7 Å². The number of hydrogen-bond acceptors (Lipinski definition) is 2. The second-order valence-corrected chi connectivity index (χ2v) is 3.44. The Morgan fingerprint density at radius 2 is 1.83 bits per heavy atom. The zero-order valence-electron chi connectivity index (χ0n) is 7.25. The molecule has 1 rings (SSSR count). The van der Waals surface area contributed by atoms with Gasteiger partial charge in [0.2, 0.25) is 0 Å². The molecular formula is C9H14O3. The minimum atomic E-state index is -0.994. The van der Waals surface area contributed by atoms with Crippen molar-refractivity contribution in [2.45, 2.75) is 32.6 Å². The first-order valence-electron chi connectivity index (χ1n) is 4.39. The van der Waals surface area contributed by atoms with E-state index in [0.29, 0.717) is 0 Å². The number of ketones is 1. The summed E-state index contributed by atoms with van der Waals surface area (Å²) in [7, 11) is 0. The van der Waals surface area contributed by atoms with Crippen molar-refractivity contribution in [3.05, 3.63) is 0 Å². The summed E-state index contributed by atoms with van der Waals surface area (Å²) < 4.78 is 0. The number of hydrogen-bond donors (Lipinski definition) is 1. The predicted octanol–water partition coefficient (Wildman–Crippen LogP) is 1.47. The van der Waals surface area contributed by atoms with Crippen molar-refractivity contribution in [1.82, 2.24) is 0 Å². The zero-order chi connectivity index (χ0) is 9.14. The van der Waals surface area contributed by atoms with E-state index in [1.807, 2.05) is 0 Å². The van der Waals surface area contributed by atoms with Gasteiger partial charge in [-0.1, -0.05) is 12.8 Å². The van der Waals surface area contributed by atoms with Gasteiger partial charge >= 0.3 is 5.97 Å². The summed E-state index contributed by atoms with van der Waals surface area (Å²) >= 11 is 0. The van der Waals surface area contributed by atoms with E-state index in [2.05, 4.69) is 0 Å². The van der Waals surface area contributed by atoms with Crippen molar-refractivity contribution >= 4 is 11.8 Å². The number of carboxylic acids is 1. The Morgan fingerprint density at radius 3 is 2.25 bits per heavy atom. The second-order valence-electron chi connectivity index (χ2n) is 3.44. The summed E-state index contributed by atoms with van der Waals surface area (Å²) in [5.41, 5.74) is 0. The molecule has 0 aromatic heterocycles. The van der Waals surface area contributed by atoms with Gasteiger partial charge in [-0.2, -0.15) is 0 Å². The topological polar surface area (TPSA) is 54.4 Å². The fourth-order valence-electron chi connectivity index (χ4n) is 1.69.